The summed E-state index contributed by atoms with van der Waals surface area (Å²) in [7, 11) is 6.82. The average Bonchev–Trinajstić information content (AvgIpc) is 3.18. The molecule has 2 unspecified atom stereocenters. The van der Waals surface area contributed by atoms with Gasteiger partial charge in [0.2, 0.25) is 0 Å². The summed E-state index contributed by atoms with van der Waals surface area (Å²) in [6.07, 6.45) is 10.2. The number of fused-ring (bicyclic) bond motifs is 2. The Morgan fingerprint density at radius 1 is 0.875 bits per heavy atom. The number of amides is 1. The van der Waals surface area contributed by atoms with Gasteiger partial charge in [-0.2, -0.15) is 4.99 Å². The summed E-state index contributed by atoms with van der Waals surface area (Å²) >= 11 is 0. The first-order chi connectivity index (χ1) is 26.8. The van der Waals surface area contributed by atoms with Crippen molar-refractivity contribution in [3.8, 4) is 0 Å². The fourth-order valence-corrected chi connectivity index (χ4v) is 6.94. The number of aromatic nitrogens is 2. The predicted molar refractivity (Wildman–Crippen MR) is 221 cm³/mol. The first kappa shape index (κ1) is 44.6. The highest BCUT2D eigenvalue weighted by Gasteiger charge is 2.24. The molecule has 2 atom stereocenters. The fraction of sp³-hybridized carbons (Fsp3) is 0.667. The van der Waals surface area contributed by atoms with Gasteiger partial charge in [-0.05, 0) is 148 Å². The molecule has 3 N–H and O–H groups in total. The number of anilines is 2. The van der Waals surface area contributed by atoms with Crippen molar-refractivity contribution in [2.75, 3.05) is 78.2 Å². The first-order valence-electron chi connectivity index (χ1n) is 20.4. The molecule has 2 aromatic heterocycles. The van der Waals surface area contributed by atoms with Crippen LogP contribution in [0.3, 0.4) is 0 Å². The van der Waals surface area contributed by atoms with Crippen LogP contribution in [0.2, 0.25) is 0 Å². The smallest absolute Gasteiger partial charge is 0.434 e. The van der Waals surface area contributed by atoms with Crippen LogP contribution in [0.1, 0.15) is 94.7 Å². The van der Waals surface area contributed by atoms with Crippen molar-refractivity contribution in [2.24, 2.45) is 4.99 Å². The highest BCUT2D eigenvalue weighted by Crippen LogP contribution is 2.24. The minimum absolute atomic E-state index is 0.0516. The van der Waals surface area contributed by atoms with E-state index in [1.165, 1.54) is 31.8 Å². The molecule has 0 radical (unpaired) electrons. The van der Waals surface area contributed by atoms with Crippen molar-refractivity contribution < 1.29 is 28.6 Å². The van der Waals surface area contributed by atoms with Gasteiger partial charge in [-0.25, -0.2) is 19.6 Å². The lowest BCUT2D eigenvalue weighted by Crippen LogP contribution is -2.46. The number of rotatable bonds is 21. The van der Waals surface area contributed by atoms with Crippen LogP contribution < -0.4 is 16.0 Å². The normalized spacial score (nSPS) is 16.0. The second kappa shape index (κ2) is 22.6. The van der Waals surface area contributed by atoms with Gasteiger partial charge in [0.25, 0.3) is 0 Å². The number of hydrogen-bond acceptors (Lipinski definition) is 13. The molecule has 4 heterocycles. The molecule has 2 aliphatic heterocycles. The number of unbranched alkanes of at least 4 members (excludes halogenated alkanes) is 2. The van der Waals surface area contributed by atoms with E-state index in [-0.39, 0.29) is 30.2 Å². The quantitative estimate of drug-likeness (QED) is 0.0655. The number of aryl methyl sites for hydroxylation is 4. The molecule has 14 nitrogen and oxygen atoms in total. The van der Waals surface area contributed by atoms with E-state index in [2.05, 4.69) is 62.1 Å². The lowest BCUT2D eigenvalue weighted by molar-refractivity contribution is -0.143. The Kier molecular flexibility index (Phi) is 18.0. The van der Waals surface area contributed by atoms with Gasteiger partial charge < -0.3 is 40.0 Å². The van der Waals surface area contributed by atoms with E-state index in [1.54, 1.807) is 20.8 Å². The number of pyridine rings is 2. The Morgan fingerprint density at radius 3 is 2.16 bits per heavy atom. The monoisotopic (exact) mass is 779 g/mol. The number of nitrogens with one attached hydrogen (secondary N) is 3. The van der Waals surface area contributed by atoms with Crippen molar-refractivity contribution in [1.82, 2.24) is 25.1 Å². The zero-order valence-corrected chi connectivity index (χ0v) is 34.9. The lowest BCUT2D eigenvalue weighted by atomic mass is 9.99. The van der Waals surface area contributed by atoms with Crippen LogP contribution in [0.4, 0.5) is 16.4 Å². The Labute approximate surface area is 333 Å². The molecule has 1 amide bonds. The second-order valence-corrected chi connectivity index (χ2v) is 16.1. The zero-order chi connectivity index (χ0) is 40.5. The molecule has 0 fully saturated rings. The summed E-state index contributed by atoms with van der Waals surface area (Å²) in [5.74, 6) is 1.13. The van der Waals surface area contributed by atoms with Gasteiger partial charge in [-0.15, -0.1) is 0 Å². The molecule has 0 saturated carbocycles. The third-order valence-electron chi connectivity index (χ3n) is 10.2. The van der Waals surface area contributed by atoms with Gasteiger partial charge in [-0.1, -0.05) is 12.1 Å². The largest absolute Gasteiger partial charge is 0.468 e. The minimum Gasteiger partial charge on any atom is -0.468 e. The van der Waals surface area contributed by atoms with Crippen molar-refractivity contribution >= 4 is 35.4 Å². The molecule has 0 bridgehead atoms. The van der Waals surface area contributed by atoms with E-state index < -0.39 is 17.7 Å². The highest BCUT2D eigenvalue weighted by atomic mass is 16.6. The number of methoxy groups -OCH3 is 2. The number of esters is 2. The zero-order valence-electron chi connectivity index (χ0n) is 34.9. The number of ether oxygens (including phenoxy) is 3. The number of aliphatic imine (C=N–C) groups is 1. The van der Waals surface area contributed by atoms with Gasteiger partial charge in [0.15, 0.2) is 0 Å². The molecule has 2 aliphatic rings. The van der Waals surface area contributed by atoms with Crippen LogP contribution in [0, 0.1) is 0 Å². The molecule has 0 saturated heterocycles. The van der Waals surface area contributed by atoms with Crippen LogP contribution in [0.25, 0.3) is 0 Å². The summed E-state index contributed by atoms with van der Waals surface area (Å²) < 4.78 is 15.2. The van der Waals surface area contributed by atoms with Gasteiger partial charge in [0.05, 0.1) is 14.2 Å². The predicted octanol–water partition coefficient (Wildman–Crippen LogP) is 5.23. The third-order valence-corrected chi connectivity index (χ3v) is 10.2. The Morgan fingerprint density at radius 2 is 1.52 bits per heavy atom. The first-order valence-corrected chi connectivity index (χ1v) is 20.4. The maximum atomic E-state index is 12.7. The van der Waals surface area contributed by atoms with Crippen LogP contribution >= 0.6 is 0 Å². The van der Waals surface area contributed by atoms with Gasteiger partial charge in [0, 0.05) is 43.5 Å². The molecule has 14 heteroatoms. The van der Waals surface area contributed by atoms with E-state index in [9.17, 15) is 14.4 Å². The van der Waals surface area contributed by atoms with E-state index >= 15 is 0 Å². The number of hydrogen-bond donors (Lipinski definition) is 3. The van der Waals surface area contributed by atoms with Gasteiger partial charge >= 0.3 is 18.0 Å². The third kappa shape index (κ3) is 15.4. The molecule has 4 rings (SSSR count). The maximum Gasteiger partial charge on any atom is 0.434 e. The van der Waals surface area contributed by atoms with E-state index in [1.807, 2.05) is 7.05 Å². The van der Waals surface area contributed by atoms with Gasteiger partial charge in [0.1, 0.15) is 29.0 Å². The Balaban J connectivity index is 1.14. The molecule has 0 spiro atoms. The molecular weight excluding hydrogens is 713 g/mol. The molecule has 310 valence electrons. The molecule has 2 aromatic rings. The van der Waals surface area contributed by atoms with Crippen molar-refractivity contribution in [3.05, 3.63) is 46.8 Å². The molecule has 56 heavy (non-hydrogen) atoms. The summed E-state index contributed by atoms with van der Waals surface area (Å²) in [6, 6.07) is 8.46. The van der Waals surface area contributed by atoms with Crippen LogP contribution in [0.5, 0.6) is 0 Å². The summed E-state index contributed by atoms with van der Waals surface area (Å²) in [5.41, 5.74) is 4.08. The minimum atomic E-state index is -0.797. The molecule has 0 aromatic carbocycles. The second-order valence-electron chi connectivity index (χ2n) is 16.1. The van der Waals surface area contributed by atoms with E-state index in [4.69, 9.17) is 24.2 Å². The fourth-order valence-electron chi connectivity index (χ4n) is 6.94. The van der Waals surface area contributed by atoms with Crippen molar-refractivity contribution in [3.63, 3.8) is 0 Å². The molecular formula is C42H66N8O6. The van der Waals surface area contributed by atoms with E-state index in [0.29, 0.717) is 19.5 Å². The topological polar surface area (TPSA) is 160 Å². The van der Waals surface area contributed by atoms with Gasteiger partial charge in [-0.3, -0.25) is 4.79 Å². The average molecular weight is 779 g/mol. The summed E-state index contributed by atoms with van der Waals surface area (Å²) in [5, 5.41) is 10.5. The Hall–Kier alpha value is -4.14. The number of nitrogens with zero attached hydrogens (tertiary/aromatic N) is 5. The lowest BCUT2D eigenvalue weighted by Gasteiger charge is -2.28. The Bertz CT molecular complexity index is 1610. The standard InChI is InChI=1S/C42H66N8O6/c1-42(2,3)56-41(53)48-36(40(52)55-7)23-28-50(5)26-11-9-15-33-20-17-31-18-21-34(47-38(31)46-33)29-44-35(39(51)54-6)22-27-49(4)25-10-8-14-32-19-16-30-13-12-24-43-37(30)45-32/h16-17,19-20,34-35,44H,8-15,18,21-29H2,1-7H3,(H,43,45)(H,46,47)/b48-36-. The van der Waals surface area contributed by atoms with Crippen LogP contribution in [-0.4, -0.2) is 129 Å². The summed E-state index contributed by atoms with van der Waals surface area (Å²) in [6.45, 7) is 10.0. The highest BCUT2D eigenvalue weighted by molar-refractivity contribution is 6.37. The van der Waals surface area contributed by atoms with Crippen LogP contribution in [0.15, 0.2) is 29.3 Å². The number of carbonyl (C=O) groups excluding carboxylic acids is 3. The summed E-state index contributed by atoms with van der Waals surface area (Å²) in [4.78, 5) is 55.1. The van der Waals surface area contributed by atoms with E-state index in [0.717, 1.165) is 107 Å². The SMILES string of the molecule is COC(=O)/C(CCN(C)CCCCc1ccc2c(n1)NC(CNC(CCN(C)CCCCc1ccc3c(n1)NCCC3)C(=O)OC)CC2)=N\C(=O)OC(C)(C)C. The maximum absolute atomic E-state index is 12.7. The number of carbonyl (C=O) groups is 3. The molecule has 0 aliphatic carbocycles. The van der Waals surface area contributed by atoms with Crippen molar-refractivity contribution in [1.29, 1.82) is 0 Å². The van der Waals surface area contributed by atoms with Crippen LogP contribution in [-0.2, 0) is 49.5 Å². The van der Waals surface area contributed by atoms with Crippen molar-refractivity contribution in [2.45, 2.75) is 116 Å².